The summed E-state index contributed by atoms with van der Waals surface area (Å²) in [5.41, 5.74) is 5.23. The van der Waals surface area contributed by atoms with Crippen molar-refractivity contribution >= 4 is 11.4 Å². The lowest BCUT2D eigenvalue weighted by atomic mass is 10.2. The van der Waals surface area contributed by atoms with Crippen LogP contribution in [0.4, 0.5) is 20.2 Å². The molecule has 90 valence electrons. The van der Waals surface area contributed by atoms with Crippen molar-refractivity contribution < 1.29 is 8.78 Å². The number of nitrogen functional groups attached to an aromatic ring is 1. The summed E-state index contributed by atoms with van der Waals surface area (Å²) in [5, 5.41) is 2.69. The fourth-order valence-corrected chi connectivity index (χ4v) is 1.49. The van der Waals surface area contributed by atoms with Crippen molar-refractivity contribution in [1.29, 1.82) is 0 Å². The molecule has 0 aliphatic carbocycles. The standard InChI is InChI=1S/C11H12F2N4/c12-9-5-8(14)6-10(13)11(9)16-2-4-17-3-1-15-7-17/h1,3,5-7,16H,2,4,14H2. The highest BCUT2D eigenvalue weighted by molar-refractivity contribution is 5.53. The van der Waals surface area contributed by atoms with E-state index >= 15 is 0 Å². The lowest BCUT2D eigenvalue weighted by molar-refractivity contribution is 0.587. The molecule has 0 unspecified atom stereocenters. The van der Waals surface area contributed by atoms with Gasteiger partial charge in [0.2, 0.25) is 0 Å². The molecule has 0 atom stereocenters. The molecule has 17 heavy (non-hydrogen) atoms. The first-order valence-corrected chi connectivity index (χ1v) is 5.11. The highest BCUT2D eigenvalue weighted by Gasteiger charge is 2.09. The number of nitrogens with zero attached hydrogens (tertiary/aromatic N) is 2. The second kappa shape index (κ2) is 4.82. The topological polar surface area (TPSA) is 55.9 Å². The smallest absolute Gasteiger partial charge is 0.151 e. The molecular formula is C11H12F2N4. The molecule has 0 aliphatic rings. The van der Waals surface area contributed by atoms with E-state index in [9.17, 15) is 8.78 Å². The first-order chi connectivity index (χ1) is 8.16. The van der Waals surface area contributed by atoms with Crippen LogP contribution in [0.2, 0.25) is 0 Å². The number of nitrogens with two attached hydrogens (primary N) is 1. The molecule has 4 nitrogen and oxygen atoms in total. The molecule has 2 aromatic rings. The third-order valence-corrected chi connectivity index (χ3v) is 2.30. The van der Waals surface area contributed by atoms with Crippen LogP contribution in [0.3, 0.4) is 0 Å². The Hall–Kier alpha value is -2.11. The van der Waals surface area contributed by atoms with Gasteiger partial charge in [0.25, 0.3) is 0 Å². The van der Waals surface area contributed by atoms with Gasteiger partial charge in [0, 0.05) is 31.2 Å². The van der Waals surface area contributed by atoms with Gasteiger partial charge in [-0.15, -0.1) is 0 Å². The van der Waals surface area contributed by atoms with Crippen LogP contribution in [0.1, 0.15) is 0 Å². The molecule has 0 amide bonds. The third-order valence-electron chi connectivity index (χ3n) is 2.30. The van der Waals surface area contributed by atoms with Gasteiger partial charge in [-0.1, -0.05) is 0 Å². The monoisotopic (exact) mass is 238 g/mol. The Morgan fingerprint density at radius 2 is 2.00 bits per heavy atom. The van der Waals surface area contributed by atoms with Crippen molar-refractivity contribution in [2.45, 2.75) is 6.54 Å². The Morgan fingerprint density at radius 1 is 1.29 bits per heavy atom. The van der Waals surface area contributed by atoms with Crippen molar-refractivity contribution in [1.82, 2.24) is 9.55 Å². The Bertz CT molecular complexity index is 473. The van der Waals surface area contributed by atoms with E-state index in [0.717, 1.165) is 12.1 Å². The zero-order valence-electron chi connectivity index (χ0n) is 9.03. The first-order valence-electron chi connectivity index (χ1n) is 5.11. The number of rotatable bonds is 4. The minimum absolute atomic E-state index is 0.0696. The van der Waals surface area contributed by atoms with Crippen LogP contribution in [-0.2, 0) is 6.54 Å². The fourth-order valence-electron chi connectivity index (χ4n) is 1.49. The van der Waals surface area contributed by atoms with E-state index in [1.54, 1.807) is 23.3 Å². The van der Waals surface area contributed by atoms with Gasteiger partial charge in [-0.05, 0) is 12.1 Å². The van der Waals surface area contributed by atoms with Gasteiger partial charge < -0.3 is 15.6 Å². The molecule has 1 heterocycles. The van der Waals surface area contributed by atoms with Crippen LogP contribution in [0.5, 0.6) is 0 Å². The highest BCUT2D eigenvalue weighted by Crippen LogP contribution is 2.21. The molecular weight excluding hydrogens is 226 g/mol. The van der Waals surface area contributed by atoms with E-state index < -0.39 is 11.6 Å². The van der Waals surface area contributed by atoms with Crippen molar-refractivity contribution in [2.75, 3.05) is 17.6 Å². The van der Waals surface area contributed by atoms with Crippen LogP contribution < -0.4 is 11.1 Å². The lowest BCUT2D eigenvalue weighted by Crippen LogP contribution is -2.11. The maximum Gasteiger partial charge on any atom is 0.151 e. The van der Waals surface area contributed by atoms with Gasteiger partial charge in [0.1, 0.15) is 5.69 Å². The summed E-state index contributed by atoms with van der Waals surface area (Å²) in [6.45, 7) is 0.970. The summed E-state index contributed by atoms with van der Waals surface area (Å²) in [4.78, 5) is 3.87. The Kier molecular flexibility index (Phi) is 3.22. The lowest BCUT2D eigenvalue weighted by Gasteiger charge is -2.09. The summed E-state index contributed by atoms with van der Waals surface area (Å²) in [5.74, 6) is -1.37. The van der Waals surface area contributed by atoms with Crippen LogP contribution in [0, 0.1) is 11.6 Å². The predicted molar refractivity (Wildman–Crippen MR) is 61.5 cm³/mol. The summed E-state index contributed by atoms with van der Waals surface area (Å²) in [6.07, 6.45) is 5.05. The van der Waals surface area contributed by atoms with Crippen molar-refractivity contribution in [3.63, 3.8) is 0 Å². The molecule has 0 radical (unpaired) electrons. The molecule has 1 aromatic carbocycles. The molecule has 2 rings (SSSR count). The first kappa shape index (κ1) is 11.4. The molecule has 0 aliphatic heterocycles. The van der Waals surface area contributed by atoms with E-state index in [4.69, 9.17) is 5.73 Å². The Labute approximate surface area is 97.1 Å². The molecule has 3 N–H and O–H groups in total. The minimum Gasteiger partial charge on any atom is -0.399 e. The van der Waals surface area contributed by atoms with Gasteiger partial charge in [-0.3, -0.25) is 0 Å². The fraction of sp³-hybridized carbons (Fsp3) is 0.182. The number of imidazole rings is 1. The van der Waals surface area contributed by atoms with Gasteiger partial charge in [0.05, 0.1) is 6.33 Å². The molecule has 0 bridgehead atoms. The second-order valence-electron chi connectivity index (χ2n) is 3.59. The summed E-state index contributed by atoms with van der Waals surface area (Å²) in [6, 6.07) is 2.17. The summed E-state index contributed by atoms with van der Waals surface area (Å²) in [7, 11) is 0. The van der Waals surface area contributed by atoms with Crippen molar-refractivity contribution in [3.05, 3.63) is 42.5 Å². The second-order valence-corrected chi connectivity index (χ2v) is 3.59. The zero-order valence-corrected chi connectivity index (χ0v) is 9.03. The molecule has 6 heteroatoms. The van der Waals surface area contributed by atoms with Crippen LogP contribution in [0.25, 0.3) is 0 Å². The number of anilines is 2. The number of hydrogen-bond acceptors (Lipinski definition) is 3. The normalized spacial score (nSPS) is 10.5. The van der Waals surface area contributed by atoms with Gasteiger partial charge in [-0.25, -0.2) is 13.8 Å². The largest absolute Gasteiger partial charge is 0.399 e. The van der Waals surface area contributed by atoms with E-state index in [1.165, 1.54) is 0 Å². The zero-order chi connectivity index (χ0) is 12.3. The third kappa shape index (κ3) is 2.72. The summed E-state index contributed by atoms with van der Waals surface area (Å²) >= 11 is 0. The number of hydrogen-bond donors (Lipinski definition) is 2. The van der Waals surface area contributed by atoms with Gasteiger partial charge >= 0.3 is 0 Å². The predicted octanol–water partition coefficient (Wildman–Crippen LogP) is 1.86. The van der Waals surface area contributed by atoms with E-state index in [1.807, 2.05) is 0 Å². The maximum atomic E-state index is 13.4. The molecule has 0 spiro atoms. The average Bonchev–Trinajstić information content (AvgIpc) is 2.74. The Morgan fingerprint density at radius 3 is 2.59 bits per heavy atom. The van der Waals surface area contributed by atoms with Gasteiger partial charge in [0.15, 0.2) is 11.6 Å². The highest BCUT2D eigenvalue weighted by atomic mass is 19.1. The quantitative estimate of drug-likeness (QED) is 0.799. The summed E-state index contributed by atoms with van der Waals surface area (Å²) < 4.78 is 28.6. The number of nitrogens with one attached hydrogen (secondary N) is 1. The number of aromatic nitrogens is 2. The molecule has 0 fully saturated rings. The van der Waals surface area contributed by atoms with E-state index in [0.29, 0.717) is 13.1 Å². The van der Waals surface area contributed by atoms with Crippen LogP contribution in [-0.4, -0.2) is 16.1 Å². The molecule has 0 saturated carbocycles. The van der Waals surface area contributed by atoms with Crippen LogP contribution >= 0.6 is 0 Å². The minimum atomic E-state index is -0.687. The van der Waals surface area contributed by atoms with E-state index in [2.05, 4.69) is 10.3 Å². The molecule has 0 saturated heterocycles. The Balaban J connectivity index is 1.99. The van der Waals surface area contributed by atoms with E-state index in [-0.39, 0.29) is 11.4 Å². The SMILES string of the molecule is Nc1cc(F)c(NCCn2ccnc2)c(F)c1. The van der Waals surface area contributed by atoms with Crippen LogP contribution in [0.15, 0.2) is 30.9 Å². The molecule has 1 aromatic heterocycles. The maximum absolute atomic E-state index is 13.4. The average molecular weight is 238 g/mol. The van der Waals surface area contributed by atoms with Crippen molar-refractivity contribution in [2.24, 2.45) is 0 Å². The number of halogens is 2. The number of benzene rings is 1. The van der Waals surface area contributed by atoms with Crippen molar-refractivity contribution in [3.8, 4) is 0 Å². The van der Waals surface area contributed by atoms with Gasteiger partial charge in [-0.2, -0.15) is 0 Å².